The number of aromatic nitrogens is 2. The summed E-state index contributed by atoms with van der Waals surface area (Å²) >= 11 is 0. The highest BCUT2D eigenvalue weighted by molar-refractivity contribution is 6.07. The van der Waals surface area contributed by atoms with Crippen LogP contribution in [0.15, 0.2) is 60.9 Å². The second-order valence-corrected chi connectivity index (χ2v) is 4.80. The first kappa shape index (κ1) is 13.1. The van der Waals surface area contributed by atoms with Crippen molar-refractivity contribution in [3.05, 3.63) is 66.5 Å². The van der Waals surface area contributed by atoms with E-state index in [0.717, 1.165) is 22.0 Å². The monoisotopic (exact) mass is 277 g/mol. The van der Waals surface area contributed by atoms with Gasteiger partial charge in [0.2, 0.25) is 5.91 Å². The lowest BCUT2D eigenvalue weighted by molar-refractivity contribution is -0.111. The molecule has 4 heteroatoms. The van der Waals surface area contributed by atoms with E-state index in [1.54, 1.807) is 17.0 Å². The molecule has 0 bridgehead atoms. The molecule has 0 spiro atoms. The molecule has 1 heterocycles. The predicted molar refractivity (Wildman–Crippen MR) is 84.8 cm³/mol. The summed E-state index contributed by atoms with van der Waals surface area (Å²) in [5.41, 5.74) is 1.71. The third-order valence-corrected chi connectivity index (χ3v) is 3.20. The van der Waals surface area contributed by atoms with Gasteiger partial charge in [-0.15, -0.1) is 0 Å². The number of nitrogens with one attached hydrogen (secondary N) is 1. The van der Waals surface area contributed by atoms with Crippen molar-refractivity contribution in [3.8, 4) is 0 Å². The van der Waals surface area contributed by atoms with Crippen LogP contribution in [0.2, 0.25) is 0 Å². The molecular formula is C17H15N3O. The van der Waals surface area contributed by atoms with Crippen molar-refractivity contribution in [1.29, 1.82) is 0 Å². The van der Waals surface area contributed by atoms with Crippen LogP contribution in [0.5, 0.6) is 0 Å². The van der Waals surface area contributed by atoms with Crippen LogP contribution in [0.1, 0.15) is 5.56 Å². The molecule has 3 rings (SSSR count). The summed E-state index contributed by atoms with van der Waals surface area (Å²) in [6, 6.07) is 13.8. The van der Waals surface area contributed by atoms with Crippen LogP contribution in [0.25, 0.3) is 16.8 Å². The van der Waals surface area contributed by atoms with Crippen LogP contribution in [0.4, 0.5) is 5.69 Å². The third kappa shape index (κ3) is 3.00. The van der Waals surface area contributed by atoms with E-state index in [-0.39, 0.29) is 5.91 Å². The summed E-state index contributed by atoms with van der Waals surface area (Å²) in [6.07, 6.45) is 6.82. The Labute approximate surface area is 122 Å². The van der Waals surface area contributed by atoms with Gasteiger partial charge in [0.1, 0.15) is 0 Å². The number of carbonyl (C=O) groups is 1. The maximum absolute atomic E-state index is 12.0. The fourth-order valence-electron chi connectivity index (χ4n) is 2.21. The van der Waals surface area contributed by atoms with Crippen molar-refractivity contribution in [1.82, 2.24) is 9.78 Å². The molecule has 3 aromatic rings. The van der Waals surface area contributed by atoms with Gasteiger partial charge in [-0.05, 0) is 17.5 Å². The molecule has 0 aliphatic carbocycles. The summed E-state index contributed by atoms with van der Waals surface area (Å²) in [5.74, 6) is -0.157. The summed E-state index contributed by atoms with van der Waals surface area (Å²) in [5, 5.41) is 9.10. The quantitative estimate of drug-likeness (QED) is 0.747. The van der Waals surface area contributed by atoms with E-state index in [0.29, 0.717) is 0 Å². The summed E-state index contributed by atoms with van der Waals surface area (Å²) in [4.78, 5) is 12.0. The number of aryl methyl sites for hydroxylation is 1. The Balaban J connectivity index is 1.79. The number of fused-ring (bicyclic) bond motifs is 1. The summed E-state index contributed by atoms with van der Waals surface area (Å²) in [7, 11) is 1.84. The standard InChI is InChI=1S/C17H15N3O/c1-20-12-13(11-18-20)9-10-17(21)19-16-8-4-6-14-5-2-3-7-15(14)16/h2-12H,1H3,(H,19,21). The van der Waals surface area contributed by atoms with Gasteiger partial charge in [-0.1, -0.05) is 36.4 Å². The first-order valence-corrected chi connectivity index (χ1v) is 6.68. The molecule has 2 aromatic carbocycles. The average molecular weight is 277 g/mol. The Morgan fingerprint density at radius 2 is 2.00 bits per heavy atom. The second kappa shape index (κ2) is 5.63. The van der Waals surface area contributed by atoms with Crippen molar-refractivity contribution in [2.45, 2.75) is 0 Å². The summed E-state index contributed by atoms with van der Waals surface area (Å²) in [6.45, 7) is 0. The lowest BCUT2D eigenvalue weighted by Crippen LogP contribution is -2.07. The van der Waals surface area contributed by atoms with E-state index in [2.05, 4.69) is 10.4 Å². The zero-order valence-electron chi connectivity index (χ0n) is 11.7. The van der Waals surface area contributed by atoms with Crippen molar-refractivity contribution in [2.75, 3.05) is 5.32 Å². The fraction of sp³-hybridized carbons (Fsp3) is 0.0588. The van der Waals surface area contributed by atoms with Gasteiger partial charge in [0.05, 0.1) is 6.20 Å². The molecule has 0 unspecified atom stereocenters. The summed E-state index contributed by atoms with van der Waals surface area (Å²) < 4.78 is 1.70. The normalized spacial score (nSPS) is 11.1. The van der Waals surface area contributed by atoms with Crippen LogP contribution >= 0.6 is 0 Å². The molecule has 1 amide bonds. The van der Waals surface area contributed by atoms with E-state index >= 15 is 0 Å². The van der Waals surface area contributed by atoms with Gasteiger partial charge in [-0.2, -0.15) is 5.10 Å². The van der Waals surface area contributed by atoms with Crippen molar-refractivity contribution >= 4 is 28.4 Å². The van der Waals surface area contributed by atoms with Gasteiger partial charge in [0, 0.05) is 36.0 Å². The number of benzene rings is 2. The highest BCUT2D eigenvalue weighted by atomic mass is 16.1. The maximum atomic E-state index is 12.0. The highest BCUT2D eigenvalue weighted by Gasteiger charge is 2.02. The lowest BCUT2D eigenvalue weighted by atomic mass is 10.1. The molecular weight excluding hydrogens is 262 g/mol. The lowest BCUT2D eigenvalue weighted by Gasteiger charge is -2.06. The SMILES string of the molecule is Cn1cc(C=CC(=O)Nc2cccc3ccccc23)cn1. The molecule has 0 saturated heterocycles. The number of hydrogen-bond acceptors (Lipinski definition) is 2. The fourth-order valence-corrected chi connectivity index (χ4v) is 2.21. The highest BCUT2D eigenvalue weighted by Crippen LogP contribution is 2.22. The van der Waals surface area contributed by atoms with Gasteiger partial charge in [-0.25, -0.2) is 0 Å². The maximum Gasteiger partial charge on any atom is 0.248 e. The smallest absolute Gasteiger partial charge is 0.248 e. The zero-order chi connectivity index (χ0) is 14.7. The molecule has 1 N–H and O–H groups in total. The van der Waals surface area contributed by atoms with Crippen LogP contribution in [-0.2, 0) is 11.8 Å². The zero-order valence-corrected chi connectivity index (χ0v) is 11.7. The average Bonchev–Trinajstić information content (AvgIpc) is 2.91. The largest absolute Gasteiger partial charge is 0.322 e. The van der Waals surface area contributed by atoms with Gasteiger partial charge in [0.25, 0.3) is 0 Å². The van der Waals surface area contributed by atoms with Gasteiger partial charge in [0.15, 0.2) is 0 Å². The van der Waals surface area contributed by atoms with Crippen LogP contribution in [0, 0.1) is 0 Å². The molecule has 0 aliphatic rings. The third-order valence-electron chi connectivity index (χ3n) is 3.20. The van der Waals surface area contributed by atoms with E-state index in [1.807, 2.05) is 55.7 Å². The predicted octanol–water partition coefficient (Wildman–Crippen LogP) is 3.23. The molecule has 4 nitrogen and oxygen atoms in total. The minimum Gasteiger partial charge on any atom is -0.322 e. The van der Waals surface area contributed by atoms with Crippen molar-refractivity contribution in [2.24, 2.45) is 7.05 Å². The Morgan fingerprint density at radius 3 is 2.81 bits per heavy atom. The number of rotatable bonds is 3. The Bertz CT molecular complexity index is 812. The molecule has 0 atom stereocenters. The number of nitrogens with zero attached hydrogens (tertiary/aromatic N) is 2. The van der Waals surface area contributed by atoms with Crippen LogP contribution in [0.3, 0.4) is 0 Å². The van der Waals surface area contributed by atoms with Gasteiger partial charge < -0.3 is 5.32 Å². The Kier molecular flexibility index (Phi) is 3.51. The van der Waals surface area contributed by atoms with Crippen LogP contribution < -0.4 is 5.32 Å². The minimum atomic E-state index is -0.157. The van der Waals surface area contributed by atoms with Crippen LogP contribution in [-0.4, -0.2) is 15.7 Å². The van der Waals surface area contributed by atoms with E-state index in [9.17, 15) is 4.79 Å². The van der Waals surface area contributed by atoms with E-state index in [1.165, 1.54) is 6.08 Å². The molecule has 0 saturated carbocycles. The molecule has 0 aliphatic heterocycles. The number of anilines is 1. The minimum absolute atomic E-state index is 0.157. The molecule has 0 radical (unpaired) electrons. The molecule has 0 fully saturated rings. The first-order valence-electron chi connectivity index (χ1n) is 6.68. The first-order chi connectivity index (χ1) is 10.2. The molecule has 21 heavy (non-hydrogen) atoms. The Hall–Kier alpha value is -2.88. The second-order valence-electron chi connectivity index (χ2n) is 4.80. The Morgan fingerprint density at radius 1 is 1.19 bits per heavy atom. The number of amides is 1. The number of hydrogen-bond donors (Lipinski definition) is 1. The number of carbonyl (C=O) groups excluding carboxylic acids is 1. The van der Waals surface area contributed by atoms with E-state index < -0.39 is 0 Å². The molecule has 104 valence electrons. The van der Waals surface area contributed by atoms with Crippen molar-refractivity contribution < 1.29 is 4.79 Å². The van der Waals surface area contributed by atoms with Gasteiger partial charge >= 0.3 is 0 Å². The van der Waals surface area contributed by atoms with Crippen molar-refractivity contribution in [3.63, 3.8) is 0 Å². The molecule has 1 aromatic heterocycles. The van der Waals surface area contributed by atoms with Gasteiger partial charge in [-0.3, -0.25) is 9.48 Å². The topological polar surface area (TPSA) is 46.9 Å². The van der Waals surface area contributed by atoms with E-state index in [4.69, 9.17) is 0 Å².